The van der Waals surface area contributed by atoms with Gasteiger partial charge in [-0.25, -0.2) is 0 Å². The second-order valence-corrected chi connectivity index (χ2v) is 7.96. The number of Topliss-reactive ketones (excluding diaryl/α,β-unsaturated/α-hetero) is 1. The van der Waals surface area contributed by atoms with Crippen LogP contribution < -0.4 is 0 Å². The molecule has 27 heavy (non-hydrogen) atoms. The number of hydrogen-bond donors (Lipinski definition) is 0. The number of nitrogens with zero attached hydrogens (tertiary/aromatic N) is 2. The smallest absolute Gasteiger partial charge is 0.178 e. The highest BCUT2D eigenvalue weighted by Crippen LogP contribution is 2.25. The zero-order chi connectivity index (χ0) is 19.6. The van der Waals surface area contributed by atoms with E-state index in [0.717, 1.165) is 48.3 Å². The van der Waals surface area contributed by atoms with Crippen molar-refractivity contribution >= 4 is 5.78 Å². The molecule has 4 heteroatoms. The van der Waals surface area contributed by atoms with Crippen molar-refractivity contribution in [2.45, 2.75) is 58.6 Å². The maximum absolute atomic E-state index is 13.0. The van der Waals surface area contributed by atoms with Gasteiger partial charge >= 0.3 is 0 Å². The molecule has 1 saturated carbocycles. The molecule has 0 radical (unpaired) electrons. The van der Waals surface area contributed by atoms with Crippen molar-refractivity contribution in [3.8, 4) is 5.69 Å². The summed E-state index contributed by atoms with van der Waals surface area (Å²) in [6.45, 7) is 6.67. The van der Waals surface area contributed by atoms with Crippen molar-refractivity contribution in [1.29, 1.82) is 0 Å². The molecule has 1 aliphatic rings. The first-order valence-corrected chi connectivity index (χ1v) is 9.93. The van der Waals surface area contributed by atoms with E-state index in [4.69, 9.17) is 4.74 Å². The lowest BCUT2D eigenvalue weighted by Crippen LogP contribution is -2.39. The zero-order valence-electron chi connectivity index (χ0n) is 17.3. The normalized spacial score (nSPS) is 20.2. The molecule has 0 spiro atoms. The molecule has 3 rings (SSSR count). The largest absolute Gasteiger partial charge is 0.381 e. The van der Waals surface area contributed by atoms with Gasteiger partial charge in [-0.05, 0) is 71.7 Å². The Hall–Kier alpha value is -1.91. The summed E-state index contributed by atoms with van der Waals surface area (Å²) in [5, 5.41) is 0. The van der Waals surface area contributed by atoms with Gasteiger partial charge in [-0.2, -0.15) is 0 Å². The van der Waals surface area contributed by atoms with Crippen molar-refractivity contribution in [3.63, 3.8) is 0 Å². The van der Waals surface area contributed by atoms with Gasteiger partial charge in [-0.1, -0.05) is 17.7 Å². The van der Waals surface area contributed by atoms with Gasteiger partial charge < -0.3 is 9.30 Å². The number of ketones is 1. The third-order valence-corrected chi connectivity index (χ3v) is 6.02. The summed E-state index contributed by atoms with van der Waals surface area (Å²) in [5.41, 5.74) is 5.31. The van der Waals surface area contributed by atoms with E-state index in [9.17, 15) is 4.79 Å². The second kappa shape index (κ2) is 8.41. The molecule has 1 aromatic heterocycles. The van der Waals surface area contributed by atoms with Crippen LogP contribution in [0.5, 0.6) is 0 Å². The standard InChI is InChI=1S/C23H32N2O2/c1-16-6-8-20(9-7-16)25-17(2)14-22(18(25)3)23(26)15-24(4)19-10-12-21(27-5)13-11-19/h6-9,14,19,21H,10-13,15H2,1-5H3. The number of methoxy groups -OCH3 is 1. The molecule has 146 valence electrons. The predicted octanol–water partition coefficient (Wildman–Crippen LogP) is 4.47. The Bertz CT molecular complexity index is 783. The van der Waals surface area contributed by atoms with Gasteiger partial charge in [0, 0.05) is 35.8 Å². The van der Waals surface area contributed by atoms with Crippen LogP contribution in [0.4, 0.5) is 0 Å². The fourth-order valence-electron chi connectivity index (χ4n) is 4.30. The molecular weight excluding hydrogens is 336 g/mol. The third kappa shape index (κ3) is 4.33. The van der Waals surface area contributed by atoms with Crippen molar-refractivity contribution in [3.05, 3.63) is 52.8 Å². The van der Waals surface area contributed by atoms with E-state index in [-0.39, 0.29) is 5.78 Å². The quantitative estimate of drug-likeness (QED) is 0.705. The van der Waals surface area contributed by atoms with Crippen molar-refractivity contribution in [2.24, 2.45) is 0 Å². The van der Waals surface area contributed by atoms with Crippen LogP contribution in [0, 0.1) is 20.8 Å². The van der Waals surface area contributed by atoms with Gasteiger partial charge in [-0.3, -0.25) is 9.69 Å². The van der Waals surface area contributed by atoms with Crippen LogP contribution >= 0.6 is 0 Å². The number of hydrogen-bond acceptors (Lipinski definition) is 3. The van der Waals surface area contributed by atoms with Crippen molar-refractivity contribution in [1.82, 2.24) is 9.47 Å². The Morgan fingerprint density at radius 3 is 2.33 bits per heavy atom. The lowest BCUT2D eigenvalue weighted by molar-refractivity contribution is 0.0435. The molecule has 0 bridgehead atoms. The Kier molecular flexibility index (Phi) is 6.18. The number of carbonyl (C=O) groups excluding carboxylic acids is 1. The SMILES string of the molecule is COC1CCC(N(C)CC(=O)c2cc(C)n(-c3ccc(C)cc3)c2C)CC1. The minimum absolute atomic E-state index is 0.206. The molecule has 0 amide bonds. The minimum atomic E-state index is 0.206. The lowest BCUT2D eigenvalue weighted by Gasteiger charge is -2.33. The summed E-state index contributed by atoms with van der Waals surface area (Å²) >= 11 is 0. The Morgan fingerprint density at radius 1 is 1.11 bits per heavy atom. The van der Waals surface area contributed by atoms with E-state index in [1.807, 2.05) is 13.0 Å². The zero-order valence-corrected chi connectivity index (χ0v) is 17.3. The van der Waals surface area contributed by atoms with Crippen LogP contribution in [-0.4, -0.2) is 48.1 Å². The van der Waals surface area contributed by atoms with Gasteiger partial charge in [0.05, 0.1) is 12.6 Å². The Morgan fingerprint density at radius 2 is 1.74 bits per heavy atom. The number of benzene rings is 1. The van der Waals surface area contributed by atoms with Gasteiger partial charge in [0.15, 0.2) is 5.78 Å². The van der Waals surface area contributed by atoms with Crippen LogP contribution in [0.15, 0.2) is 30.3 Å². The van der Waals surface area contributed by atoms with Gasteiger partial charge in [-0.15, -0.1) is 0 Å². The minimum Gasteiger partial charge on any atom is -0.381 e. The van der Waals surface area contributed by atoms with Crippen LogP contribution in [0.3, 0.4) is 0 Å². The molecule has 0 N–H and O–H groups in total. The summed E-state index contributed by atoms with van der Waals surface area (Å²) in [6.07, 6.45) is 4.76. The van der Waals surface area contributed by atoms with Crippen LogP contribution in [0.1, 0.15) is 53.0 Å². The fourth-order valence-corrected chi connectivity index (χ4v) is 4.30. The van der Waals surface area contributed by atoms with E-state index in [0.29, 0.717) is 18.7 Å². The maximum Gasteiger partial charge on any atom is 0.178 e. The molecular formula is C23H32N2O2. The second-order valence-electron chi connectivity index (χ2n) is 7.96. The first-order valence-electron chi connectivity index (χ1n) is 9.93. The number of rotatable bonds is 6. The number of aromatic nitrogens is 1. The Labute approximate surface area is 163 Å². The van der Waals surface area contributed by atoms with E-state index in [1.54, 1.807) is 7.11 Å². The average Bonchev–Trinajstić information content (AvgIpc) is 2.97. The molecule has 0 saturated heterocycles. The highest BCUT2D eigenvalue weighted by molar-refractivity contribution is 5.99. The summed E-state index contributed by atoms with van der Waals surface area (Å²) < 4.78 is 7.64. The lowest BCUT2D eigenvalue weighted by atomic mass is 9.92. The number of ether oxygens (including phenoxy) is 1. The van der Waals surface area contributed by atoms with Gasteiger partial charge in [0.2, 0.25) is 0 Å². The average molecular weight is 369 g/mol. The maximum atomic E-state index is 13.0. The number of aryl methyl sites for hydroxylation is 2. The monoisotopic (exact) mass is 368 g/mol. The predicted molar refractivity (Wildman–Crippen MR) is 110 cm³/mol. The van der Waals surface area contributed by atoms with Gasteiger partial charge in [0.25, 0.3) is 0 Å². The molecule has 1 aliphatic carbocycles. The highest BCUT2D eigenvalue weighted by atomic mass is 16.5. The molecule has 2 aromatic rings. The van der Waals surface area contributed by atoms with E-state index >= 15 is 0 Å². The summed E-state index contributed by atoms with van der Waals surface area (Å²) in [5.74, 6) is 0.206. The van der Waals surface area contributed by atoms with Crippen LogP contribution in [-0.2, 0) is 4.74 Å². The molecule has 0 atom stereocenters. The van der Waals surface area contributed by atoms with Crippen molar-refractivity contribution in [2.75, 3.05) is 20.7 Å². The molecule has 1 aromatic carbocycles. The highest BCUT2D eigenvalue weighted by Gasteiger charge is 2.26. The third-order valence-electron chi connectivity index (χ3n) is 6.02. The number of carbonyl (C=O) groups is 1. The van der Waals surface area contributed by atoms with E-state index in [2.05, 4.69) is 54.6 Å². The molecule has 1 fully saturated rings. The van der Waals surface area contributed by atoms with Crippen LogP contribution in [0.25, 0.3) is 5.69 Å². The Balaban J connectivity index is 1.72. The summed E-state index contributed by atoms with van der Waals surface area (Å²) in [4.78, 5) is 15.2. The summed E-state index contributed by atoms with van der Waals surface area (Å²) in [7, 11) is 3.87. The molecule has 0 aliphatic heterocycles. The number of likely N-dealkylation sites (N-methyl/N-ethyl adjacent to an activating group) is 1. The van der Waals surface area contributed by atoms with E-state index in [1.165, 1.54) is 5.56 Å². The van der Waals surface area contributed by atoms with Gasteiger partial charge in [0.1, 0.15) is 0 Å². The van der Waals surface area contributed by atoms with Crippen LogP contribution in [0.2, 0.25) is 0 Å². The summed E-state index contributed by atoms with van der Waals surface area (Å²) in [6, 6.07) is 11.0. The molecule has 1 heterocycles. The topological polar surface area (TPSA) is 34.5 Å². The molecule has 0 unspecified atom stereocenters. The first-order chi connectivity index (χ1) is 12.9. The van der Waals surface area contributed by atoms with Crippen molar-refractivity contribution < 1.29 is 9.53 Å². The fraction of sp³-hybridized carbons (Fsp3) is 0.522. The van der Waals surface area contributed by atoms with E-state index < -0.39 is 0 Å². The first kappa shape index (κ1) is 19.8. The molecule has 4 nitrogen and oxygen atoms in total.